The second-order valence-corrected chi connectivity index (χ2v) is 21.1. The minimum atomic E-state index is -1.40. The summed E-state index contributed by atoms with van der Waals surface area (Å²) in [4.78, 5) is 108. The first kappa shape index (κ1) is 55.4. The summed E-state index contributed by atoms with van der Waals surface area (Å²) in [6.07, 6.45) is 1.02. The van der Waals surface area contributed by atoms with E-state index < -0.39 is 98.5 Å². The molecule has 0 radical (unpaired) electrons. The average Bonchev–Trinajstić information content (AvgIpc) is 3.80. The molecule has 1 saturated heterocycles. The van der Waals surface area contributed by atoms with Crippen molar-refractivity contribution in [1.29, 1.82) is 0 Å². The molecule has 14 N–H and O–H groups in total. The number of fused-ring (bicyclic) bond motifs is 6. The summed E-state index contributed by atoms with van der Waals surface area (Å²) < 4.78 is 0. The third-order valence-electron chi connectivity index (χ3n) is 16.0. The topological polar surface area (TPSA) is 359 Å². The Bertz CT molecular complexity index is 2320. The maximum atomic E-state index is 13.5. The van der Waals surface area contributed by atoms with Crippen LogP contribution in [0.1, 0.15) is 133 Å². The molecule has 5 rings (SSSR count). The van der Waals surface area contributed by atoms with Gasteiger partial charge in [-0.05, 0) is 81.9 Å². The molecular weight excluding hydrogens is 918 g/mol. The van der Waals surface area contributed by atoms with Gasteiger partial charge >= 0.3 is 16.8 Å². The van der Waals surface area contributed by atoms with E-state index in [-0.39, 0.29) is 93.4 Å². The van der Waals surface area contributed by atoms with Crippen LogP contribution < -0.4 is 39.7 Å². The number of aliphatic hydroxyl groups is 1. The van der Waals surface area contributed by atoms with Crippen molar-refractivity contribution in [1.82, 2.24) is 5.32 Å². The Morgan fingerprint density at radius 2 is 1.25 bits per heavy atom. The van der Waals surface area contributed by atoms with Crippen molar-refractivity contribution in [2.45, 2.75) is 151 Å². The first-order chi connectivity index (χ1) is 30.9. The Morgan fingerprint density at radius 1 is 0.706 bits per heavy atom. The second kappa shape index (κ2) is 20.4. The van der Waals surface area contributed by atoms with Crippen molar-refractivity contribution >= 4 is 58.5 Å². The largest absolute Gasteiger partial charge is 3.00 e. The van der Waals surface area contributed by atoms with E-state index in [9.17, 15) is 38.7 Å². The van der Waals surface area contributed by atoms with E-state index in [1.807, 2.05) is 61.5 Å². The molecule has 0 aliphatic carbocycles. The van der Waals surface area contributed by atoms with E-state index in [1.54, 1.807) is 6.92 Å². The van der Waals surface area contributed by atoms with Crippen LogP contribution in [0.5, 0.6) is 0 Å². The maximum Gasteiger partial charge on any atom is 3.00 e. The standard InChI is InChI=1S/C48H73N11O8.Co/c1-23(60)22-55-38(67)16-17-45(6)29(18-35(52)64)43-48(9)47(8,21-37(54)66)28(12-15-34(51)63)40(59-48)25(3)42-46(7,20-36(53)65)26(10-13-32(49)61)30(56-42)19-31-44(4,5)27(11-14-33(50)62)39(57-31)24(2)41(45)58-43;/h19,23,26-29,43,60H,10-18,20-22H2,1-9H3,(H14,49,50,51,52,53,54,55,56,57,58,59,61,62,63,64,65,66,67);/q;+3/p-1/t23?,26-,27-,28-,29+,43-,45-,46+,47+,48+;/m1./s1. The van der Waals surface area contributed by atoms with Crippen LogP contribution in [0.15, 0.2) is 49.3 Å². The monoisotopic (exact) mass is 989 g/mol. The first-order valence-electron chi connectivity index (χ1n) is 23.2. The Kier molecular flexibility index (Phi) is 16.6. The minimum absolute atomic E-state index is 0. The smallest absolute Gasteiger partial charge is 0.682 e. The maximum absolute atomic E-state index is 13.5. The van der Waals surface area contributed by atoms with Crippen LogP contribution in [0.25, 0.3) is 5.32 Å². The van der Waals surface area contributed by atoms with Crippen molar-refractivity contribution in [3.63, 3.8) is 0 Å². The molecule has 0 saturated carbocycles. The van der Waals surface area contributed by atoms with Gasteiger partial charge in [0, 0.05) is 108 Å². The normalized spacial score (nSPS) is 34.6. The number of nitrogens with one attached hydrogen (secondary N) is 1. The first-order valence-corrected chi connectivity index (χ1v) is 23.2. The van der Waals surface area contributed by atoms with Gasteiger partial charge in [0.15, 0.2) is 0 Å². The number of carbonyl (C=O) groups excluding carboxylic acids is 7. The summed E-state index contributed by atoms with van der Waals surface area (Å²) in [6.45, 7) is 16.8. The summed E-state index contributed by atoms with van der Waals surface area (Å²) >= 11 is 0. The van der Waals surface area contributed by atoms with E-state index in [1.165, 1.54) is 0 Å². The number of hydrogen-bond acceptors (Lipinski definition) is 11. The molecule has 1 unspecified atom stereocenters. The molecule has 8 bridgehead atoms. The SMILES string of the molecule is C/C1=C2/[N-][C@H]([C@H](CC(N)=O)[C@@]2(C)CCC(=O)NCC(C)O)[C@]2(C)N=C(/C(C)=C3N=C(/C=C4N=C1[C@@H](CCC(N)=O)C\4(C)C)[C@@H](CCC(N)=O)[C@]\3(C)CC(N)=O)[C@@H](CCC(N)=O)[C@]2(C)CC(N)=O.[Co+3]. The molecule has 1 fully saturated rings. The van der Waals surface area contributed by atoms with Gasteiger partial charge in [0.05, 0.1) is 17.3 Å². The van der Waals surface area contributed by atoms with E-state index in [0.29, 0.717) is 51.8 Å². The zero-order valence-corrected chi connectivity index (χ0v) is 42.0. The van der Waals surface area contributed by atoms with E-state index >= 15 is 0 Å². The fourth-order valence-electron chi connectivity index (χ4n) is 12.2. The number of primary amides is 6. The molecule has 68 heavy (non-hydrogen) atoms. The molecule has 5 aliphatic heterocycles. The van der Waals surface area contributed by atoms with Crippen molar-refractivity contribution < 1.29 is 55.4 Å². The van der Waals surface area contributed by atoms with Gasteiger partial charge in [-0.1, -0.05) is 40.7 Å². The summed E-state index contributed by atoms with van der Waals surface area (Å²) in [5, 5.41) is 18.3. The van der Waals surface area contributed by atoms with Gasteiger partial charge in [0.1, 0.15) is 0 Å². The van der Waals surface area contributed by atoms with Gasteiger partial charge < -0.3 is 50.1 Å². The van der Waals surface area contributed by atoms with Crippen LogP contribution in [-0.4, -0.2) is 87.8 Å². The van der Waals surface area contributed by atoms with Crippen molar-refractivity contribution in [3.05, 3.63) is 39.6 Å². The molecule has 0 spiro atoms. The molecular formula is C48H72CoN11O8+2. The fraction of sp³-hybridized carbons (Fsp3) is 0.667. The number of allylic oxidation sites excluding steroid dienone is 6. The Hall–Kier alpha value is -5.21. The van der Waals surface area contributed by atoms with Crippen LogP contribution in [0.2, 0.25) is 0 Å². The van der Waals surface area contributed by atoms with E-state index in [4.69, 9.17) is 54.7 Å². The number of amides is 7. The predicted molar refractivity (Wildman–Crippen MR) is 254 cm³/mol. The third-order valence-corrected chi connectivity index (χ3v) is 16.0. The Balaban J connectivity index is 0.0000101. The number of hydrogen-bond donors (Lipinski definition) is 8. The summed E-state index contributed by atoms with van der Waals surface area (Å²) in [7, 11) is 0. The van der Waals surface area contributed by atoms with Crippen molar-refractivity contribution in [2.75, 3.05) is 6.54 Å². The number of nitrogens with zero attached hydrogens (tertiary/aromatic N) is 4. The zero-order chi connectivity index (χ0) is 50.4. The van der Waals surface area contributed by atoms with Crippen LogP contribution in [0.4, 0.5) is 0 Å². The molecule has 0 aromatic heterocycles. The molecule has 5 heterocycles. The van der Waals surface area contributed by atoms with Gasteiger partial charge in [-0.3, -0.25) is 48.5 Å². The number of aliphatic imine (C=N–C) groups is 3. The fourth-order valence-corrected chi connectivity index (χ4v) is 12.2. The van der Waals surface area contributed by atoms with Gasteiger partial charge in [-0.25, -0.2) is 0 Å². The van der Waals surface area contributed by atoms with Crippen molar-refractivity contribution in [3.8, 4) is 0 Å². The number of aliphatic hydroxyl groups excluding tert-OH is 1. The van der Waals surface area contributed by atoms with Crippen LogP contribution in [-0.2, 0) is 50.3 Å². The Morgan fingerprint density at radius 3 is 1.76 bits per heavy atom. The molecule has 0 aromatic carbocycles. The third kappa shape index (κ3) is 10.4. The molecule has 10 atom stereocenters. The van der Waals surface area contributed by atoms with Crippen LogP contribution in [0.3, 0.4) is 0 Å². The average molecular weight is 990 g/mol. The van der Waals surface area contributed by atoms with Gasteiger partial charge in [0.25, 0.3) is 0 Å². The molecule has 7 amide bonds. The summed E-state index contributed by atoms with van der Waals surface area (Å²) in [5.41, 5.74) is 34.4. The van der Waals surface area contributed by atoms with Gasteiger partial charge in [-0.15, -0.1) is 0 Å². The molecule has 374 valence electrons. The second-order valence-electron chi connectivity index (χ2n) is 21.1. The van der Waals surface area contributed by atoms with Crippen molar-refractivity contribution in [2.24, 2.45) is 94.7 Å². The van der Waals surface area contributed by atoms with Gasteiger partial charge in [0.2, 0.25) is 41.4 Å². The van der Waals surface area contributed by atoms with Gasteiger partial charge in [-0.2, -0.15) is 5.70 Å². The molecule has 19 nitrogen and oxygen atoms in total. The van der Waals surface area contributed by atoms with E-state index in [2.05, 4.69) is 5.32 Å². The number of nitrogens with two attached hydrogens (primary N) is 6. The number of rotatable bonds is 20. The Labute approximate surface area is 409 Å². The van der Waals surface area contributed by atoms with Crippen LogP contribution >= 0.6 is 0 Å². The molecule has 0 aromatic rings. The summed E-state index contributed by atoms with van der Waals surface area (Å²) in [5.74, 6) is -6.42. The number of carbonyl (C=O) groups is 7. The molecule has 5 aliphatic rings. The minimum Gasteiger partial charge on any atom is -0.682 e. The predicted octanol–water partition coefficient (Wildman–Crippen LogP) is 2.52. The van der Waals surface area contributed by atoms with E-state index in [0.717, 1.165) is 0 Å². The summed E-state index contributed by atoms with van der Waals surface area (Å²) in [6, 6.07) is -0.923. The molecule has 20 heteroatoms. The zero-order valence-electron chi connectivity index (χ0n) is 40.9. The quantitative estimate of drug-likeness (QED) is 0.0894. The van der Waals surface area contributed by atoms with Crippen LogP contribution in [0, 0.1) is 45.3 Å².